The van der Waals surface area contributed by atoms with E-state index in [0.29, 0.717) is 5.82 Å². The molecule has 0 spiro atoms. The largest absolute Gasteiger partial charge is 0.340 e. The number of nitrogens with one attached hydrogen (secondary N) is 2. The van der Waals surface area contributed by atoms with Crippen molar-refractivity contribution in [1.29, 1.82) is 0 Å². The van der Waals surface area contributed by atoms with Gasteiger partial charge in [-0.3, -0.25) is 9.59 Å². The van der Waals surface area contributed by atoms with Gasteiger partial charge in [0.05, 0.1) is 0 Å². The van der Waals surface area contributed by atoms with E-state index in [-0.39, 0.29) is 34.5 Å². The van der Waals surface area contributed by atoms with Crippen molar-refractivity contribution in [3.05, 3.63) is 12.2 Å². The van der Waals surface area contributed by atoms with Crippen molar-refractivity contribution in [2.24, 2.45) is 0 Å². The highest BCUT2D eigenvalue weighted by molar-refractivity contribution is 8.01. The number of β-lactam (4-membered cyclic amide) rings is 1. The monoisotopic (exact) mass is 350 g/mol. The maximum Gasteiger partial charge on any atom is 0.249 e. The van der Waals surface area contributed by atoms with Crippen LogP contribution in [0.5, 0.6) is 0 Å². The van der Waals surface area contributed by atoms with E-state index in [1.165, 1.54) is 6.33 Å². The van der Waals surface area contributed by atoms with Crippen molar-refractivity contribution in [3.63, 3.8) is 0 Å². The summed E-state index contributed by atoms with van der Waals surface area (Å²) in [5.41, 5.74) is 0. The molecule has 3 atom stereocenters. The molecule has 0 aromatic carbocycles. The van der Waals surface area contributed by atoms with Crippen LogP contribution in [0, 0.1) is 0 Å². The van der Waals surface area contributed by atoms with Crippen LogP contribution < -0.4 is 5.32 Å². The molecule has 2 aliphatic heterocycles. The van der Waals surface area contributed by atoms with E-state index < -0.39 is 6.04 Å². The Labute approximate surface area is 139 Å². The van der Waals surface area contributed by atoms with Gasteiger partial charge in [0.1, 0.15) is 24.0 Å². The quantitative estimate of drug-likeness (QED) is 0.603. The molecule has 12 nitrogen and oxygen atoms in total. The van der Waals surface area contributed by atoms with Gasteiger partial charge in [-0.2, -0.15) is 4.80 Å². The minimum absolute atomic E-state index is 0.0833. The summed E-state index contributed by atoms with van der Waals surface area (Å²) in [6.07, 6.45) is 1.24. The average Bonchev–Trinajstić information content (AvgIpc) is 3.24. The molecule has 2 aliphatic rings. The number of hydrogen-bond acceptors (Lipinski definition) is 9. The molecule has 3 unspecified atom stereocenters. The van der Waals surface area contributed by atoms with Gasteiger partial charge in [0.25, 0.3) is 0 Å². The third-order valence-electron chi connectivity index (χ3n) is 4.05. The standard InChI is InChI=1S/C11H14N10O2S/c1-11(2)7(8-15-17-18-16-8)21-9(23)6(10(21)24-11)14-5(22)3-20-13-4-12-19-20/h4,6-7,10H,3H2,1-2H3,(H,14,22)(H,15,16,17,18). The van der Waals surface area contributed by atoms with E-state index in [4.69, 9.17) is 0 Å². The third kappa shape index (κ3) is 2.23. The van der Waals surface area contributed by atoms with Crippen molar-refractivity contribution in [2.75, 3.05) is 0 Å². The normalized spacial score (nSPS) is 27.7. The van der Waals surface area contributed by atoms with Crippen LogP contribution in [0.15, 0.2) is 6.33 Å². The second kappa shape index (κ2) is 5.22. The van der Waals surface area contributed by atoms with Crippen LogP contribution in [-0.4, -0.2) is 73.7 Å². The smallest absolute Gasteiger partial charge is 0.249 e. The Morgan fingerprint density at radius 1 is 1.50 bits per heavy atom. The van der Waals surface area contributed by atoms with Crippen LogP contribution in [0.4, 0.5) is 0 Å². The zero-order valence-electron chi connectivity index (χ0n) is 12.8. The zero-order valence-corrected chi connectivity index (χ0v) is 13.6. The van der Waals surface area contributed by atoms with Gasteiger partial charge in [-0.1, -0.05) is 0 Å². The van der Waals surface area contributed by atoms with E-state index >= 15 is 0 Å². The highest BCUT2D eigenvalue weighted by atomic mass is 32.2. The Kier molecular flexibility index (Phi) is 3.26. The highest BCUT2D eigenvalue weighted by Crippen LogP contribution is 2.56. The molecule has 4 heterocycles. The molecular formula is C11H14N10O2S. The fourth-order valence-corrected chi connectivity index (χ4v) is 4.72. The number of fused-ring (bicyclic) bond motifs is 1. The molecule has 2 amide bonds. The molecule has 2 aromatic heterocycles. The second-order valence-corrected chi connectivity index (χ2v) is 7.83. The molecule has 0 aliphatic carbocycles. The molecule has 0 saturated carbocycles. The van der Waals surface area contributed by atoms with Gasteiger partial charge >= 0.3 is 0 Å². The molecule has 13 heteroatoms. The van der Waals surface area contributed by atoms with Gasteiger partial charge in [-0.15, -0.1) is 27.1 Å². The summed E-state index contributed by atoms with van der Waals surface area (Å²) in [5, 5.41) is 27.4. The Bertz CT molecular complexity index is 760. The molecule has 126 valence electrons. The molecule has 2 saturated heterocycles. The Balaban J connectivity index is 1.48. The van der Waals surface area contributed by atoms with E-state index in [1.54, 1.807) is 16.7 Å². The number of amides is 2. The van der Waals surface area contributed by atoms with Crippen molar-refractivity contribution in [3.8, 4) is 0 Å². The summed E-state index contributed by atoms with van der Waals surface area (Å²) in [4.78, 5) is 27.5. The van der Waals surface area contributed by atoms with Gasteiger partial charge < -0.3 is 10.2 Å². The van der Waals surface area contributed by atoms with Crippen molar-refractivity contribution in [2.45, 2.75) is 42.6 Å². The lowest BCUT2D eigenvalue weighted by molar-refractivity contribution is -0.152. The molecular weight excluding hydrogens is 336 g/mol. The molecule has 0 bridgehead atoms. The fourth-order valence-electron chi connectivity index (χ4n) is 3.08. The second-order valence-electron chi connectivity index (χ2n) is 6.06. The minimum atomic E-state index is -0.578. The van der Waals surface area contributed by atoms with Crippen LogP contribution in [0.1, 0.15) is 25.7 Å². The summed E-state index contributed by atoms with van der Waals surface area (Å²) in [6.45, 7) is 3.96. The minimum Gasteiger partial charge on any atom is -0.340 e. The number of H-pyrrole nitrogens is 1. The summed E-state index contributed by atoms with van der Waals surface area (Å²) in [6, 6.07) is -0.841. The van der Waals surface area contributed by atoms with Crippen molar-refractivity contribution < 1.29 is 9.59 Å². The number of rotatable bonds is 4. The topological polar surface area (TPSA) is 147 Å². The summed E-state index contributed by atoms with van der Waals surface area (Å²) in [7, 11) is 0. The Morgan fingerprint density at radius 2 is 2.33 bits per heavy atom. The Morgan fingerprint density at radius 3 is 3.00 bits per heavy atom. The summed E-state index contributed by atoms with van der Waals surface area (Å²) in [5.74, 6) is 0.0495. The number of carbonyl (C=O) groups is 2. The van der Waals surface area contributed by atoms with Crippen LogP contribution in [0.2, 0.25) is 0 Å². The van der Waals surface area contributed by atoms with Gasteiger partial charge in [0.15, 0.2) is 12.2 Å². The fraction of sp³-hybridized carbons (Fsp3) is 0.636. The highest BCUT2D eigenvalue weighted by Gasteiger charge is 2.63. The van der Waals surface area contributed by atoms with E-state index in [9.17, 15) is 9.59 Å². The molecule has 0 radical (unpaired) electrons. The lowest BCUT2D eigenvalue weighted by atomic mass is 9.95. The van der Waals surface area contributed by atoms with Crippen molar-refractivity contribution >= 4 is 23.6 Å². The molecule has 2 aromatic rings. The lowest BCUT2D eigenvalue weighted by Gasteiger charge is -2.44. The SMILES string of the molecule is CC1(C)SC2C(NC(=O)Cn3ncnn3)C(=O)N2C1c1nnn[nH]1. The van der Waals surface area contributed by atoms with Crippen LogP contribution >= 0.6 is 11.8 Å². The first kappa shape index (κ1) is 15.0. The first-order chi connectivity index (χ1) is 11.5. The predicted octanol–water partition coefficient (Wildman–Crippen LogP) is -1.89. The summed E-state index contributed by atoms with van der Waals surface area (Å²) < 4.78 is -0.283. The van der Waals surface area contributed by atoms with Gasteiger partial charge in [-0.05, 0) is 29.5 Å². The first-order valence-corrected chi connectivity index (χ1v) is 8.09. The molecule has 2 N–H and O–H groups in total. The molecule has 4 rings (SSSR count). The number of nitrogens with zero attached hydrogens (tertiary/aromatic N) is 8. The van der Waals surface area contributed by atoms with Gasteiger partial charge in [0, 0.05) is 4.75 Å². The third-order valence-corrected chi connectivity index (χ3v) is 5.63. The Hall–Kier alpha value is -2.57. The lowest BCUT2D eigenvalue weighted by Crippen LogP contribution is -2.68. The van der Waals surface area contributed by atoms with Gasteiger partial charge in [-0.25, -0.2) is 5.10 Å². The number of hydrogen-bond donors (Lipinski definition) is 2. The van der Waals surface area contributed by atoms with E-state index in [2.05, 4.69) is 41.4 Å². The molecule has 24 heavy (non-hydrogen) atoms. The van der Waals surface area contributed by atoms with E-state index in [1.807, 2.05) is 13.8 Å². The van der Waals surface area contributed by atoms with Crippen molar-refractivity contribution in [1.82, 2.24) is 51.0 Å². The molecule has 2 fully saturated rings. The maximum absolute atomic E-state index is 12.5. The maximum atomic E-state index is 12.5. The van der Waals surface area contributed by atoms with Crippen LogP contribution in [0.25, 0.3) is 0 Å². The van der Waals surface area contributed by atoms with E-state index in [0.717, 1.165) is 4.80 Å². The van der Waals surface area contributed by atoms with Crippen LogP contribution in [-0.2, 0) is 16.1 Å². The number of aromatic amines is 1. The number of aromatic nitrogens is 8. The van der Waals surface area contributed by atoms with Crippen LogP contribution in [0.3, 0.4) is 0 Å². The zero-order chi connectivity index (χ0) is 16.9. The van der Waals surface area contributed by atoms with Gasteiger partial charge in [0.2, 0.25) is 11.8 Å². The first-order valence-electron chi connectivity index (χ1n) is 7.21. The predicted molar refractivity (Wildman–Crippen MR) is 79.0 cm³/mol. The summed E-state index contributed by atoms with van der Waals surface area (Å²) >= 11 is 1.61. The number of tetrazole rings is 2. The number of carbonyl (C=O) groups excluding carboxylic acids is 2. The average molecular weight is 350 g/mol. The number of thioether (sulfide) groups is 1.